The van der Waals surface area contributed by atoms with Crippen LogP contribution in [0.3, 0.4) is 0 Å². The van der Waals surface area contributed by atoms with Crippen LogP contribution >= 0.6 is 11.6 Å². The summed E-state index contributed by atoms with van der Waals surface area (Å²) in [5.41, 5.74) is 7.07. The maximum atomic E-state index is 6.24. The maximum Gasteiger partial charge on any atom is 0.161 e. The number of hydrogen-bond acceptors (Lipinski definition) is 4. The third kappa shape index (κ3) is 3.68. The maximum absolute atomic E-state index is 6.24. The fraction of sp³-hybridized carbons (Fsp3) is 0.400. The standard InChI is InChI=1S/C15H20ClN3O2/c1-10(2)19-15(14(20-3)8-18-19)13(17)9-21-12-6-4-11(16)5-7-12/h4-8,10,13H,9,17H2,1-3H3. The molecule has 1 aromatic carbocycles. The molecule has 2 N–H and O–H groups in total. The quantitative estimate of drug-likeness (QED) is 0.890. The summed E-state index contributed by atoms with van der Waals surface area (Å²) in [6.07, 6.45) is 1.68. The monoisotopic (exact) mass is 309 g/mol. The minimum Gasteiger partial charge on any atom is -0.493 e. The van der Waals surface area contributed by atoms with Crippen LogP contribution in [0, 0.1) is 0 Å². The molecule has 2 aromatic rings. The van der Waals surface area contributed by atoms with Crippen molar-refractivity contribution in [1.82, 2.24) is 9.78 Å². The Bertz CT molecular complexity index is 581. The Morgan fingerprint density at radius 3 is 2.52 bits per heavy atom. The molecule has 21 heavy (non-hydrogen) atoms. The number of halogens is 1. The average Bonchev–Trinajstić information content (AvgIpc) is 2.90. The zero-order chi connectivity index (χ0) is 15.4. The van der Waals surface area contributed by atoms with E-state index in [1.807, 2.05) is 30.7 Å². The summed E-state index contributed by atoms with van der Waals surface area (Å²) in [6.45, 7) is 4.42. The van der Waals surface area contributed by atoms with Crippen LogP contribution in [0.5, 0.6) is 11.5 Å². The highest BCUT2D eigenvalue weighted by Gasteiger charge is 2.20. The van der Waals surface area contributed by atoms with Gasteiger partial charge in [0.1, 0.15) is 18.1 Å². The van der Waals surface area contributed by atoms with E-state index < -0.39 is 0 Å². The van der Waals surface area contributed by atoms with Crippen molar-refractivity contribution in [2.75, 3.05) is 13.7 Å². The summed E-state index contributed by atoms with van der Waals surface area (Å²) < 4.78 is 12.9. The molecule has 1 atom stereocenters. The molecule has 0 aliphatic rings. The zero-order valence-electron chi connectivity index (χ0n) is 12.4. The van der Waals surface area contributed by atoms with Crippen LogP contribution in [0.1, 0.15) is 31.6 Å². The van der Waals surface area contributed by atoms with Gasteiger partial charge in [0.15, 0.2) is 5.75 Å². The average molecular weight is 310 g/mol. The molecule has 5 nitrogen and oxygen atoms in total. The van der Waals surface area contributed by atoms with Crippen molar-refractivity contribution < 1.29 is 9.47 Å². The van der Waals surface area contributed by atoms with Gasteiger partial charge in [0, 0.05) is 11.1 Å². The fourth-order valence-corrected chi connectivity index (χ4v) is 2.20. The van der Waals surface area contributed by atoms with Crippen LogP contribution in [0.25, 0.3) is 0 Å². The molecule has 2 rings (SSSR count). The highest BCUT2D eigenvalue weighted by Crippen LogP contribution is 2.27. The molecule has 0 saturated carbocycles. The second kappa shape index (κ2) is 6.83. The van der Waals surface area contributed by atoms with Gasteiger partial charge in [-0.3, -0.25) is 4.68 Å². The predicted molar refractivity (Wildman–Crippen MR) is 83.0 cm³/mol. The first-order chi connectivity index (χ1) is 10.0. The van der Waals surface area contributed by atoms with E-state index in [2.05, 4.69) is 5.10 Å². The minimum absolute atomic E-state index is 0.200. The smallest absolute Gasteiger partial charge is 0.161 e. The Labute approximate surface area is 129 Å². The molecule has 1 unspecified atom stereocenters. The van der Waals surface area contributed by atoms with Crippen LogP contribution in [-0.2, 0) is 0 Å². The lowest BCUT2D eigenvalue weighted by Gasteiger charge is -2.18. The van der Waals surface area contributed by atoms with Crippen LogP contribution in [0.4, 0.5) is 0 Å². The Hall–Kier alpha value is -1.72. The fourth-order valence-electron chi connectivity index (χ4n) is 2.07. The van der Waals surface area contributed by atoms with Gasteiger partial charge in [0.25, 0.3) is 0 Å². The number of methoxy groups -OCH3 is 1. The minimum atomic E-state index is -0.333. The normalized spacial score (nSPS) is 12.5. The first kappa shape index (κ1) is 15.7. The van der Waals surface area contributed by atoms with E-state index in [4.69, 9.17) is 26.8 Å². The molecule has 6 heteroatoms. The summed E-state index contributed by atoms with van der Waals surface area (Å²) in [5, 5.41) is 4.99. The molecule has 0 fully saturated rings. The van der Waals surface area contributed by atoms with E-state index in [1.165, 1.54) is 0 Å². The molecule has 1 heterocycles. The number of rotatable bonds is 6. The molecule has 0 radical (unpaired) electrons. The molecular formula is C15H20ClN3O2. The molecule has 0 bridgehead atoms. The summed E-state index contributed by atoms with van der Waals surface area (Å²) in [6, 6.07) is 7.05. The molecule has 0 spiro atoms. The first-order valence-corrected chi connectivity index (χ1v) is 7.16. The summed E-state index contributed by atoms with van der Waals surface area (Å²) in [4.78, 5) is 0. The molecule has 114 valence electrons. The van der Waals surface area contributed by atoms with Gasteiger partial charge < -0.3 is 15.2 Å². The lowest BCUT2D eigenvalue weighted by Crippen LogP contribution is -2.24. The third-order valence-corrected chi connectivity index (χ3v) is 3.35. The predicted octanol–water partition coefficient (Wildman–Crippen LogP) is 3.20. The molecule has 1 aromatic heterocycles. The van der Waals surface area contributed by atoms with Crippen molar-refractivity contribution in [3.8, 4) is 11.5 Å². The number of aromatic nitrogens is 2. The second-order valence-electron chi connectivity index (χ2n) is 5.01. The zero-order valence-corrected chi connectivity index (χ0v) is 13.2. The van der Waals surface area contributed by atoms with Crippen molar-refractivity contribution in [1.29, 1.82) is 0 Å². The van der Waals surface area contributed by atoms with Gasteiger partial charge in [0.05, 0.1) is 19.3 Å². The second-order valence-corrected chi connectivity index (χ2v) is 5.44. The topological polar surface area (TPSA) is 62.3 Å². The van der Waals surface area contributed by atoms with Crippen LogP contribution in [0.15, 0.2) is 30.5 Å². The molecule has 0 amide bonds. The third-order valence-electron chi connectivity index (χ3n) is 3.10. The molecule has 0 aliphatic carbocycles. The van der Waals surface area contributed by atoms with Gasteiger partial charge in [-0.1, -0.05) is 11.6 Å². The summed E-state index contributed by atoms with van der Waals surface area (Å²) in [7, 11) is 1.61. The van der Waals surface area contributed by atoms with E-state index >= 15 is 0 Å². The lowest BCUT2D eigenvalue weighted by atomic mass is 10.2. The van der Waals surface area contributed by atoms with Crippen molar-refractivity contribution in [2.45, 2.75) is 25.9 Å². The number of benzene rings is 1. The SMILES string of the molecule is COc1cnn(C(C)C)c1C(N)COc1ccc(Cl)cc1. The van der Waals surface area contributed by atoms with Crippen LogP contribution < -0.4 is 15.2 Å². The van der Waals surface area contributed by atoms with Crippen molar-refractivity contribution in [3.05, 3.63) is 41.2 Å². The first-order valence-electron chi connectivity index (χ1n) is 6.78. The van der Waals surface area contributed by atoms with E-state index in [9.17, 15) is 0 Å². The van der Waals surface area contributed by atoms with Gasteiger partial charge in [-0.15, -0.1) is 0 Å². The Kier molecular flexibility index (Phi) is 5.09. The molecule has 0 saturated heterocycles. The number of hydrogen-bond donors (Lipinski definition) is 1. The largest absolute Gasteiger partial charge is 0.493 e. The van der Waals surface area contributed by atoms with Crippen molar-refractivity contribution in [3.63, 3.8) is 0 Å². The number of nitrogens with zero attached hydrogens (tertiary/aromatic N) is 2. The Morgan fingerprint density at radius 1 is 1.29 bits per heavy atom. The molecule has 0 aliphatic heterocycles. The van der Waals surface area contributed by atoms with Gasteiger partial charge in [0.2, 0.25) is 0 Å². The number of ether oxygens (including phenoxy) is 2. The summed E-state index contributed by atoms with van der Waals surface area (Å²) >= 11 is 5.84. The van der Waals surface area contributed by atoms with Crippen LogP contribution in [0.2, 0.25) is 5.02 Å². The molecular weight excluding hydrogens is 290 g/mol. The summed E-state index contributed by atoms with van der Waals surface area (Å²) in [5.74, 6) is 1.40. The van der Waals surface area contributed by atoms with E-state index in [0.29, 0.717) is 17.4 Å². The lowest BCUT2D eigenvalue weighted by molar-refractivity contribution is 0.277. The van der Waals surface area contributed by atoms with E-state index in [0.717, 1.165) is 11.4 Å². The highest BCUT2D eigenvalue weighted by atomic mass is 35.5. The Morgan fingerprint density at radius 2 is 1.95 bits per heavy atom. The van der Waals surface area contributed by atoms with Gasteiger partial charge in [-0.2, -0.15) is 5.10 Å². The Balaban J connectivity index is 2.11. The van der Waals surface area contributed by atoms with Gasteiger partial charge in [-0.25, -0.2) is 0 Å². The highest BCUT2D eigenvalue weighted by molar-refractivity contribution is 6.30. The van der Waals surface area contributed by atoms with E-state index in [1.54, 1.807) is 25.4 Å². The van der Waals surface area contributed by atoms with Crippen molar-refractivity contribution in [2.24, 2.45) is 5.73 Å². The van der Waals surface area contributed by atoms with Crippen LogP contribution in [-0.4, -0.2) is 23.5 Å². The van der Waals surface area contributed by atoms with Gasteiger partial charge in [-0.05, 0) is 38.1 Å². The van der Waals surface area contributed by atoms with Crippen molar-refractivity contribution >= 4 is 11.6 Å². The van der Waals surface area contributed by atoms with Gasteiger partial charge >= 0.3 is 0 Å². The number of nitrogens with two attached hydrogens (primary N) is 1. The van der Waals surface area contributed by atoms with E-state index in [-0.39, 0.29) is 12.1 Å².